The minimum atomic E-state index is -0.301. The summed E-state index contributed by atoms with van der Waals surface area (Å²) in [6.07, 6.45) is -0.532. The number of benzene rings is 3. The third-order valence-corrected chi connectivity index (χ3v) is 6.05. The number of rotatable bonds is 3. The van der Waals surface area contributed by atoms with Crippen LogP contribution in [0.5, 0.6) is 11.5 Å². The van der Waals surface area contributed by atoms with Crippen molar-refractivity contribution in [2.45, 2.75) is 46.2 Å². The largest absolute Gasteiger partial charge is 0.508 e. The van der Waals surface area contributed by atoms with E-state index in [2.05, 4.69) is 80.0 Å². The van der Waals surface area contributed by atoms with E-state index in [-0.39, 0.29) is 30.0 Å². The molecule has 1 saturated heterocycles. The van der Waals surface area contributed by atoms with Crippen LogP contribution in [0.2, 0.25) is 0 Å². The fraction of sp³-hybridized carbons (Fsp3) is 0.280. The van der Waals surface area contributed by atoms with Gasteiger partial charge in [0.25, 0.3) is 0 Å². The van der Waals surface area contributed by atoms with Crippen molar-refractivity contribution in [2.75, 3.05) is 0 Å². The predicted molar refractivity (Wildman–Crippen MR) is 119 cm³/mol. The zero-order valence-electron chi connectivity index (χ0n) is 17.8. The molecular formula is C25H29N3O2. The van der Waals surface area contributed by atoms with Gasteiger partial charge >= 0.3 is 0 Å². The first-order chi connectivity index (χ1) is 14.3. The minimum absolute atomic E-state index is 0.0432. The topological polar surface area (TPSA) is 76.5 Å². The summed E-state index contributed by atoms with van der Waals surface area (Å²) in [6, 6.07) is 17.6. The van der Waals surface area contributed by atoms with Gasteiger partial charge in [-0.05, 0) is 73.2 Å². The Kier molecular flexibility index (Phi) is 5.52. The number of aryl methyl sites for hydroxylation is 4. The van der Waals surface area contributed by atoms with Crippen molar-refractivity contribution in [3.8, 4) is 11.5 Å². The second-order valence-electron chi connectivity index (χ2n) is 8.23. The Morgan fingerprint density at radius 2 is 1.07 bits per heavy atom. The van der Waals surface area contributed by atoms with E-state index in [0.717, 1.165) is 11.1 Å². The van der Waals surface area contributed by atoms with Crippen LogP contribution >= 0.6 is 0 Å². The third-order valence-electron chi connectivity index (χ3n) is 6.05. The summed E-state index contributed by atoms with van der Waals surface area (Å²) < 4.78 is 0. The Balaban J connectivity index is 1.73. The average molecular weight is 404 g/mol. The number of hydrogen-bond acceptors (Lipinski definition) is 5. The van der Waals surface area contributed by atoms with Crippen LogP contribution in [0.4, 0.5) is 0 Å². The number of nitrogens with one attached hydrogen (secondary N) is 3. The van der Waals surface area contributed by atoms with Crippen molar-refractivity contribution < 1.29 is 10.2 Å². The molecule has 3 aromatic carbocycles. The molecule has 0 aromatic heterocycles. The molecule has 1 fully saturated rings. The van der Waals surface area contributed by atoms with Gasteiger partial charge in [0.05, 0.1) is 18.5 Å². The van der Waals surface area contributed by atoms with Gasteiger partial charge in [-0.1, -0.05) is 36.4 Å². The van der Waals surface area contributed by atoms with Crippen molar-refractivity contribution in [2.24, 2.45) is 0 Å². The first kappa shape index (κ1) is 20.4. The molecule has 0 aliphatic carbocycles. The monoisotopic (exact) mass is 403 g/mol. The van der Waals surface area contributed by atoms with Crippen molar-refractivity contribution in [3.63, 3.8) is 0 Å². The van der Waals surface area contributed by atoms with Gasteiger partial charge in [-0.2, -0.15) is 0 Å². The fourth-order valence-electron chi connectivity index (χ4n) is 3.87. The molecule has 1 aliphatic rings. The smallest absolute Gasteiger partial charge is 0.125 e. The van der Waals surface area contributed by atoms with Crippen molar-refractivity contribution >= 4 is 0 Å². The lowest BCUT2D eigenvalue weighted by atomic mass is 9.99. The average Bonchev–Trinajstić information content (AvgIpc) is 2.71. The van der Waals surface area contributed by atoms with Gasteiger partial charge in [-0.15, -0.1) is 0 Å². The molecule has 5 nitrogen and oxygen atoms in total. The fourth-order valence-corrected chi connectivity index (χ4v) is 3.87. The molecule has 2 unspecified atom stereocenters. The molecule has 0 amide bonds. The summed E-state index contributed by atoms with van der Waals surface area (Å²) in [5, 5.41) is 30.9. The Bertz CT molecular complexity index is 1020. The van der Waals surface area contributed by atoms with Crippen molar-refractivity contribution in [1.29, 1.82) is 0 Å². The summed E-state index contributed by atoms with van der Waals surface area (Å²) in [4.78, 5) is 0. The van der Waals surface area contributed by atoms with Crippen molar-refractivity contribution in [1.82, 2.24) is 16.0 Å². The quantitative estimate of drug-likeness (QED) is 0.445. The molecule has 30 heavy (non-hydrogen) atoms. The van der Waals surface area contributed by atoms with Gasteiger partial charge in [0.1, 0.15) is 11.5 Å². The van der Waals surface area contributed by atoms with Gasteiger partial charge in [-0.25, -0.2) is 0 Å². The van der Waals surface area contributed by atoms with Gasteiger partial charge in [0.15, 0.2) is 0 Å². The molecule has 0 bridgehead atoms. The van der Waals surface area contributed by atoms with E-state index < -0.39 is 0 Å². The number of phenols is 2. The Morgan fingerprint density at radius 1 is 0.567 bits per heavy atom. The van der Waals surface area contributed by atoms with E-state index in [9.17, 15) is 10.2 Å². The molecule has 156 valence electrons. The standard InChI is InChI=1S/C25H29N3O2/c1-14-5-7-18(11-16(14)3)23-26-24(19-8-6-15(2)17(4)12-19)28-25(27-23)21-10-9-20(29)13-22(21)30/h5-13,23-30H,1-4H3. The highest BCUT2D eigenvalue weighted by atomic mass is 16.3. The molecule has 0 spiro atoms. The predicted octanol–water partition coefficient (Wildman–Crippen LogP) is 4.51. The maximum Gasteiger partial charge on any atom is 0.125 e. The summed E-state index contributed by atoms with van der Waals surface area (Å²) in [6.45, 7) is 8.45. The van der Waals surface area contributed by atoms with Crippen molar-refractivity contribution in [3.05, 3.63) is 93.5 Å². The highest BCUT2D eigenvalue weighted by Gasteiger charge is 2.31. The second-order valence-corrected chi connectivity index (χ2v) is 8.23. The van der Waals surface area contributed by atoms with Gasteiger partial charge in [0.2, 0.25) is 0 Å². The first-order valence-corrected chi connectivity index (χ1v) is 10.3. The number of aromatic hydroxyl groups is 2. The highest BCUT2D eigenvalue weighted by molar-refractivity contribution is 5.42. The van der Waals surface area contributed by atoms with Crippen LogP contribution in [0.1, 0.15) is 57.4 Å². The zero-order chi connectivity index (χ0) is 21.4. The molecule has 3 aromatic rings. The van der Waals surface area contributed by atoms with E-state index in [1.54, 1.807) is 12.1 Å². The van der Waals surface area contributed by atoms with E-state index in [4.69, 9.17) is 0 Å². The Labute approximate surface area is 177 Å². The summed E-state index contributed by atoms with van der Waals surface area (Å²) in [7, 11) is 0. The lowest BCUT2D eigenvalue weighted by Gasteiger charge is -2.40. The molecule has 1 heterocycles. The lowest BCUT2D eigenvalue weighted by molar-refractivity contribution is 0.200. The Hall–Kier alpha value is -2.86. The van der Waals surface area contributed by atoms with Crippen LogP contribution in [-0.4, -0.2) is 10.2 Å². The molecule has 5 heteroatoms. The molecule has 4 rings (SSSR count). The van der Waals surface area contributed by atoms with E-state index in [1.807, 2.05) is 0 Å². The Morgan fingerprint density at radius 3 is 1.53 bits per heavy atom. The van der Waals surface area contributed by atoms with Gasteiger partial charge < -0.3 is 10.2 Å². The molecule has 0 radical (unpaired) electrons. The summed E-state index contributed by atoms with van der Waals surface area (Å²) in [5.74, 6) is 0.0983. The zero-order valence-corrected chi connectivity index (χ0v) is 17.8. The minimum Gasteiger partial charge on any atom is -0.508 e. The summed E-state index contributed by atoms with van der Waals surface area (Å²) in [5.41, 5.74) is 7.95. The second kappa shape index (κ2) is 8.11. The van der Waals surface area contributed by atoms with E-state index in [0.29, 0.717) is 5.56 Å². The lowest BCUT2D eigenvalue weighted by Crippen LogP contribution is -2.54. The SMILES string of the molecule is Cc1ccc(C2NC(c3ccc(C)c(C)c3)NC(c3ccc(O)cc3O)N2)cc1C. The van der Waals surface area contributed by atoms with Gasteiger partial charge in [0, 0.05) is 11.6 Å². The van der Waals surface area contributed by atoms with Crippen LogP contribution in [0, 0.1) is 27.7 Å². The number of phenolic OH excluding ortho intramolecular Hbond substituents is 2. The molecular weight excluding hydrogens is 374 g/mol. The van der Waals surface area contributed by atoms with Crippen LogP contribution in [0.3, 0.4) is 0 Å². The maximum absolute atomic E-state index is 10.5. The van der Waals surface area contributed by atoms with Crippen LogP contribution in [0.15, 0.2) is 54.6 Å². The first-order valence-electron chi connectivity index (χ1n) is 10.3. The number of hydrogen-bond donors (Lipinski definition) is 5. The van der Waals surface area contributed by atoms with Gasteiger partial charge in [-0.3, -0.25) is 16.0 Å². The van der Waals surface area contributed by atoms with Crippen LogP contribution in [0.25, 0.3) is 0 Å². The molecule has 5 N–H and O–H groups in total. The van der Waals surface area contributed by atoms with Crippen LogP contribution < -0.4 is 16.0 Å². The molecule has 1 aliphatic heterocycles. The maximum atomic E-state index is 10.5. The molecule has 0 saturated carbocycles. The normalized spacial score (nSPS) is 21.5. The van der Waals surface area contributed by atoms with E-state index >= 15 is 0 Å². The highest BCUT2D eigenvalue weighted by Crippen LogP contribution is 2.33. The van der Waals surface area contributed by atoms with E-state index in [1.165, 1.54) is 28.3 Å². The molecule has 2 atom stereocenters. The summed E-state index contributed by atoms with van der Waals surface area (Å²) >= 11 is 0. The van der Waals surface area contributed by atoms with Crippen LogP contribution in [-0.2, 0) is 0 Å². The third kappa shape index (κ3) is 4.05.